The van der Waals surface area contributed by atoms with Crippen LogP contribution in [0.5, 0.6) is 0 Å². The fourth-order valence-corrected chi connectivity index (χ4v) is 5.39. The minimum atomic E-state index is -1.08. The summed E-state index contributed by atoms with van der Waals surface area (Å²) in [7, 11) is 0. The van der Waals surface area contributed by atoms with Crippen molar-refractivity contribution >= 4 is 12.3 Å². The second kappa shape index (κ2) is 9.29. The number of aromatic nitrogens is 2. The molecule has 2 aliphatic rings. The zero-order valence-corrected chi connectivity index (χ0v) is 18.4. The highest BCUT2D eigenvalue weighted by Gasteiger charge is 2.43. The second-order valence-electron chi connectivity index (χ2n) is 9.13. The van der Waals surface area contributed by atoms with Gasteiger partial charge in [-0.15, -0.1) is 0 Å². The first kappa shape index (κ1) is 21.6. The molecule has 4 atom stereocenters. The molecule has 7 heteroatoms. The molecule has 3 aromatic rings. The number of aromatic carboxylic acids is 1. The first-order valence-corrected chi connectivity index (χ1v) is 11.5. The first-order valence-electron chi connectivity index (χ1n) is 11.5. The molecular formula is C26H28N4O3. The van der Waals surface area contributed by atoms with Gasteiger partial charge in [-0.3, -0.25) is 9.69 Å². The van der Waals surface area contributed by atoms with Gasteiger partial charge in [-0.2, -0.15) is 5.10 Å². The van der Waals surface area contributed by atoms with E-state index in [9.17, 15) is 9.59 Å². The predicted octanol–water partition coefficient (Wildman–Crippen LogP) is 3.45. The maximum absolute atomic E-state index is 11.8. The molecule has 0 bridgehead atoms. The first-order chi connectivity index (χ1) is 16.1. The van der Waals surface area contributed by atoms with Crippen LogP contribution in [-0.2, 0) is 11.3 Å². The Labute approximate surface area is 193 Å². The van der Waals surface area contributed by atoms with Gasteiger partial charge in [0.25, 0.3) is 0 Å². The van der Waals surface area contributed by atoms with Gasteiger partial charge in [0.2, 0.25) is 0 Å². The topological polar surface area (TPSA) is 87.5 Å². The van der Waals surface area contributed by atoms with Gasteiger partial charge in [-0.05, 0) is 53.5 Å². The Kier molecular flexibility index (Phi) is 6.07. The van der Waals surface area contributed by atoms with Gasteiger partial charge in [-0.1, -0.05) is 48.5 Å². The Bertz CT molecular complexity index is 1120. The Morgan fingerprint density at radius 3 is 2.45 bits per heavy atom. The maximum atomic E-state index is 11.8. The summed E-state index contributed by atoms with van der Waals surface area (Å²) in [6, 6.07) is 21.0. The Balaban J connectivity index is 1.16. The fraction of sp³-hybridized carbons (Fsp3) is 0.346. The van der Waals surface area contributed by atoms with Crippen molar-refractivity contribution in [3.8, 4) is 11.1 Å². The molecule has 1 saturated heterocycles. The van der Waals surface area contributed by atoms with Crippen LogP contribution in [0.25, 0.3) is 11.1 Å². The van der Waals surface area contributed by atoms with Gasteiger partial charge in [0.05, 0.1) is 0 Å². The average molecular weight is 445 g/mol. The monoisotopic (exact) mass is 444 g/mol. The van der Waals surface area contributed by atoms with E-state index in [1.54, 1.807) is 6.20 Å². The molecule has 1 aliphatic heterocycles. The van der Waals surface area contributed by atoms with E-state index in [2.05, 4.69) is 63.8 Å². The van der Waals surface area contributed by atoms with Crippen molar-refractivity contribution in [2.24, 2.45) is 11.8 Å². The number of nitrogens with zero attached hydrogens (tertiary/aromatic N) is 3. The fourth-order valence-electron chi connectivity index (χ4n) is 5.39. The molecule has 33 heavy (non-hydrogen) atoms. The SMILES string of the molecule is O=CC(N1C[C@H]2CC(NCc3cccc(-c4ccccc4)c3)C[C@H]2C1)n1ccc(C(=O)O)n1. The lowest BCUT2D eigenvalue weighted by molar-refractivity contribution is -0.115. The van der Waals surface area contributed by atoms with Gasteiger partial charge in [-0.25, -0.2) is 9.48 Å². The number of aldehydes is 1. The van der Waals surface area contributed by atoms with Crippen LogP contribution >= 0.6 is 0 Å². The molecule has 0 amide bonds. The quantitative estimate of drug-likeness (QED) is 0.518. The maximum Gasteiger partial charge on any atom is 0.356 e. The van der Waals surface area contributed by atoms with Crippen molar-refractivity contribution in [2.45, 2.75) is 31.6 Å². The van der Waals surface area contributed by atoms with E-state index < -0.39 is 12.1 Å². The van der Waals surface area contributed by atoms with Crippen molar-refractivity contribution in [1.82, 2.24) is 20.0 Å². The van der Waals surface area contributed by atoms with Gasteiger partial charge in [0.1, 0.15) is 0 Å². The highest BCUT2D eigenvalue weighted by atomic mass is 16.4. The molecule has 170 valence electrons. The third-order valence-electron chi connectivity index (χ3n) is 7.00. The number of carbonyl (C=O) groups excluding carboxylic acids is 1. The van der Waals surface area contributed by atoms with E-state index >= 15 is 0 Å². The Morgan fingerprint density at radius 2 is 1.79 bits per heavy atom. The summed E-state index contributed by atoms with van der Waals surface area (Å²) in [5.74, 6) is -0.00914. The summed E-state index contributed by atoms with van der Waals surface area (Å²) in [4.78, 5) is 25.0. The number of benzene rings is 2. The number of carbonyl (C=O) groups is 2. The van der Waals surface area contributed by atoms with Crippen LogP contribution in [0.2, 0.25) is 0 Å². The summed E-state index contributed by atoms with van der Waals surface area (Å²) in [6.07, 6.45) is 4.06. The lowest BCUT2D eigenvalue weighted by Crippen LogP contribution is -2.35. The van der Waals surface area contributed by atoms with E-state index in [1.165, 1.54) is 27.4 Å². The Hall–Kier alpha value is -3.29. The zero-order chi connectivity index (χ0) is 22.8. The lowest BCUT2D eigenvalue weighted by atomic mass is 10.0. The van der Waals surface area contributed by atoms with E-state index in [0.717, 1.165) is 38.8 Å². The van der Waals surface area contributed by atoms with Crippen LogP contribution in [-0.4, -0.2) is 51.2 Å². The minimum absolute atomic E-state index is 0.0400. The van der Waals surface area contributed by atoms with Crippen molar-refractivity contribution in [2.75, 3.05) is 13.1 Å². The smallest absolute Gasteiger partial charge is 0.356 e. The molecule has 2 aromatic carbocycles. The van der Waals surface area contributed by atoms with E-state index in [-0.39, 0.29) is 5.69 Å². The van der Waals surface area contributed by atoms with Gasteiger partial charge in [0.15, 0.2) is 18.1 Å². The van der Waals surface area contributed by atoms with Gasteiger partial charge < -0.3 is 10.4 Å². The number of hydrogen-bond donors (Lipinski definition) is 2. The third-order valence-corrected chi connectivity index (χ3v) is 7.00. The largest absolute Gasteiger partial charge is 0.476 e. The highest BCUT2D eigenvalue weighted by molar-refractivity contribution is 5.85. The van der Waals surface area contributed by atoms with Crippen molar-refractivity contribution in [1.29, 1.82) is 0 Å². The summed E-state index contributed by atoms with van der Waals surface area (Å²) in [5.41, 5.74) is 3.71. The number of nitrogens with one attached hydrogen (secondary N) is 1. The van der Waals surface area contributed by atoms with Crippen molar-refractivity contribution in [3.05, 3.63) is 78.1 Å². The van der Waals surface area contributed by atoms with Crippen LogP contribution < -0.4 is 5.32 Å². The second-order valence-corrected chi connectivity index (χ2v) is 9.13. The lowest BCUT2D eigenvalue weighted by Gasteiger charge is -2.25. The van der Waals surface area contributed by atoms with E-state index in [4.69, 9.17) is 5.11 Å². The number of hydrogen-bond acceptors (Lipinski definition) is 5. The summed E-state index contributed by atoms with van der Waals surface area (Å²) in [6.45, 7) is 2.51. The van der Waals surface area contributed by atoms with Crippen LogP contribution in [0.4, 0.5) is 0 Å². The average Bonchev–Trinajstić information content (AvgIpc) is 3.55. The van der Waals surface area contributed by atoms with Crippen LogP contribution in [0.1, 0.15) is 35.1 Å². The molecule has 2 N–H and O–H groups in total. The molecular weight excluding hydrogens is 416 g/mol. The molecule has 2 unspecified atom stereocenters. The number of likely N-dealkylation sites (tertiary alicyclic amines) is 1. The number of rotatable bonds is 8. The molecule has 1 aromatic heterocycles. The molecule has 0 spiro atoms. The molecule has 1 aliphatic carbocycles. The predicted molar refractivity (Wildman–Crippen MR) is 125 cm³/mol. The van der Waals surface area contributed by atoms with E-state index in [1.807, 2.05) is 6.07 Å². The molecule has 1 saturated carbocycles. The number of fused-ring (bicyclic) bond motifs is 1. The zero-order valence-electron chi connectivity index (χ0n) is 18.4. The molecule has 2 heterocycles. The normalized spacial score (nSPS) is 23.3. The number of carboxylic acid groups (broad SMARTS) is 1. The number of carboxylic acids is 1. The molecule has 0 radical (unpaired) electrons. The summed E-state index contributed by atoms with van der Waals surface area (Å²) < 4.78 is 1.47. The summed E-state index contributed by atoms with van der Waals surface area (Å²) in [5, 5.41) is 16.9. The van der Waals surface area contributed by atoms with Gasteiger partial charge in [0, 0.05) is 31.9 Å². The van der Waals surface area contributed by atoms with Crippen molar-refractivity contribution < 1.29 is 14.7 Å². The summed E-state index contributed by atoms with van der Waals surface area (Å²) >= 11 is 0. The van der Waals surface area contributed by atoms with Crippen molar-refractivity contribution in [3.63, 3.8) is 0 Å². The minimum Gasteiger partial charge on any atom is -0.476 e. The van der Waals surface area contributed by atoms with Crippen LogP contribution in [0.3, 0.4) is 0 Å². The molecule has 5 rings (SSSR count). The highest BCUT2D eigenvalue weighted by Crippen LogP contribution is 2.40. The molecule has 7 nitrogen and oxygen atoms in total. The van der Waals surface area contributed by atoms with Crippen LogP contribution in [0.15, 0.2) is 66.9 Å². The Morgan fingerprint density at radius 1 is 1.06 bits per heavy atom. The van der Waals surface area contributed by atoms with Gasteiger partial charge >= 0.3 is 5.97 Å². The molecule has 2 fully saturated rings. The van der Waals surface area contributed by atoms with Crippen LogP contribution in [0, 0.1) is 11.8 Å². The standard InChI is InChI=1S/C26H28N4O3/c31-17-25(30-10-9-24(28-30)26(32)33)29-15-21-12-23(13-22(21)16-29)27-14-18-5-4-8-20(11-18)19-6-2-1-3-7-19/h1-11,17,21-23,25,27H,12-16H2,(H,32,33)/t21-,22+,23?,25?. The third kappa shape index (κ3) is 4.60. The van der Waals surface area contributed by atoms with E-state index in [0.29, 0.717) is 17.9 Å².